The van der Waals surface area contributed by atoms with Gasteiger partial charge in [-0.15, -0.1) is 6.58 Å². The highest BCUT2D eigenvalue weighted by atomic mass is 16.5. The fourth-order valence-corrected chi connectivity index (χ4v) is 2.59. The summed E-state index contributed by atoms with van der Waals surface area (Å²) in [7, 11) is 0. The SMILES string of the molecule is C=CCOCC(=O)N1CCNCC1c1ccc(CC)cc1. The number of nitrogens with zero attached hydrogens (tertiary/aromatic N) is 1. The van der Waals surface area contributed by atoms with Crippen molar-refractivity contribution in [2.75, 3.05) is 32.8 Å². The van der Waals surface area contributed by atoms with Crippen LogP contribution >= 0.6 is 0 Å². The molecule has 1 unspecified atom stereocenters. The minimum absolute atomic E-state index is 0.0444. The predicted octanol–water partition coefficient (Wildman–Crippen LogP) is 1.92. The van der Waals surface area contributed by atoms with Gasteiger partial charge in [-0.05, 0) is 17.5 Å². The summed E-state index contributed by atoms with van der Waals surface area (Å²) in [5, 5.41) is 3.36. The molecule has 21 heavy (non-hydrogen) atoms. The van der Waals surface area contributed by atoms with E-state index in [9.17, 15) is 4.79 Å². The molecular weight excluding hydrogens is 264 g/mol. The number of benzene rings is 1. The van der Waals surface area contributed by atoms with Crippen molar-refractivity contribution in [2.24, 2.45) is 0 Å². The molecule has 0 aromatic heterocycles. The highest BCUT2D eigenvalue weighted by Gasteiger charge is 2.27. The maximum Gasteiger partial charge on any atom is 0.249 e. The fourth-order valence-electron chi connectivity index (χ4n) is 2.59. The van der Waals surface area contributed by atoms with Crippen molar-refractivity contribution in [1.29, 1.82) is 0 Å². The Labute approximate surface area is 126 Å². The highest BCUT2D eigenvalue weighted by Crippen LogP contribution is 2.23. The third-order valence-electron chi connectivity index (χ3n) is 3.80. The summed E-state index contributed by atoms with van der Waals surface area (Å²) in [6.45, 7) is 8.60. The number of ether oxygens (including phenoxy) is 1. The third-order valence-corrected chi connectivity index (χ3v) is 3.80. The number of hydrogen-bond donors (Lipinski definition) is 1. The van der Waals surface area contributed by atoms with Crippen molar-refractivity contribution in [2.45, 2.75) is 19.4 Å². The Morgan fingerprint density at radius 2 is 2.24 bits per heavy atom. The van der Waals surface area contributed by atoms with Crippen molar-refractivity contribution in [3.63, 3.8) is 0 Å². The van der Waals surface area contributed by atoms with Crippen LogP contribution in [0.25, 0.3) is 0 Å². The van der Waals surface area contributed by atoms with Gasteiger partial charge in [0.2, 0.25) is 5.91 Å². The van der Waals surface area contributed by atoms with Crippen molar-refractivity contribution < 1.29 is 9.53 Å². The summed E-state index contributed by atoms with van der Waals surface area (Å²) < 4.78 is 5.29. The molecule has 1 aromatic rings. The molecule has 4 heteroatoms. The molecule has 0 radical (unpaired) electrons. The molecule has 0 spiro atoms. The zero-order valence-electron chi connectivity index (χ0n) is 12.7. The first kappa shape index (κ1) is 15.7. The van der Waals surface area contributed by atoms with Crippen LogP contribution in [-0.2, 0) is 16.0 Å². The van der Waals surface area contributed by atoms with E-state index in [2.05, 4.69) is 43.1 Å². The summed E-state index contributed by atoms with van der Waals surface area (Å²) in [5.41, 5.74) is 2.49. The molecule has 2 rings (SSSR count). The largest absolute Gasteiger partial charge is 0.368 e. The van der Waals surface area contributed by atoms with E-state index in [4.69, 9.17) is 4.74 Å². The Morgan fingerprint density at radius 3 is 2.90 bits per heavy atom. The van der Waals surface area contributed by atoms with E-state index in [1.54, 1.807) is 6.08 Å². The van der Waals surface area contributed by atoms with Crippen LogP contribution in [0.1, 0.15) is 24.1 Å². The van der Waals surface area contributed by atoms with Crippen LogP contribution in [0.3, 0.4) is 0 Å². The predicted molar refractivity (Wildman–Crippen MR) is 84.2 cm³/mol. The monoisotopic (exact) mass is 288 g/mol. The number of amides is 1. The van der Waals surface area contributed by atoms with Crippen molar-refractivity contribution >= 4 is 5.91 Å². The zero-order valence-corrected chi connectivity index (χ0v) is 12.7. The van der Waals surface area contributed by atoms with Crippen LogP contribution in [0.4, 0.5) is 0 Å². The number of hydrogen-bond acceptors (Lipinski definition) is 3. The molecule has 0 aliphatic carbocycles. The van der Waals surface area contributed by atoms with E-state index in [0.29, 0.717) is 6.61 Å². The average molecular weight is 288 g/mol. The molecule has 4 nitrogen and oxygen atoms in total. The van der Waals surface area contributed by atoms with E-state index < -0.39 is 0 Å². The normalized spacial score (nSPS) is 18.5. The Hall–Kier alpha value is -1.65. The molecule has 1 aliphatic heterocycles. The number of piperazine rings is 1. The fraction of sp³-hybridized carbons (Fsp3) is 0.471. The summed E-state index contributed by atoms with van der Waals surface area (Å²) in [4.78, 5) is 14.2. The van der Waals surface area contributed by atoms with E-state index in [1.807, 2.05) is 4.90 Å². The lowest BCUT2D eigenvalue weighted by atomic mass is 10.0. The van der Waals surface area contributed by atoms with Gasteiger partial charge in [0.1, 0.15) is 6.61 Å². The minimum atomic E-state index is 0.0444. The standard InChI is InChI=1S/C17H24N2O2/c1-3-11-21-13-17(20)19-10-9-18-12-16(19)15-7-5-14(4-2)6-8-15/h3,5-8,16,18H,1,4,9-13H2,2H3. The van der Waals surface area contributed by atoms with Crippen molar-refractivity contribution in [3.8, 4) is 0 Å². The molecule has 1 fully saturated rings. The van der Waals surface area contributed by atoms with E-state index in [0.717, 1.165) is 26.1 Å². The molecule has 1 saturated heterocycles. The molecule has 1 heterocycles. The van der Waals surface area contributed by atoms with Crippen LogP contribution in [0.2, 0.25) is 0 Å². The van der Waals surface area contributed by atoms with Crippen LogP contribution in [-0.4, -0.2) is 43.7 Å². The second-order valence-corrected chi connectivity index (χ2v) is 5.21. The first-order valence-corrected chi connectivity index (χ1v) is 7.54. The second kappa shape index (κ2) is 7.96. The minimum Gasteiger partial charge on any atom is -0.368 e. The van der Waals surface area contributed by atoms with Gasteiger partial charge in [0, 0.05) is 19.6 Å². The second-order valence-electron chi connectivity index (χ2n) is 5.21. The van der Waals surface area contributed by atoms with Gasteiger partial charge in [-0.3, -0.25) is 4.79 Å². The summed E-state index contributed by atoms with van der Waals surface area (Å²) in [5.74, 6) is 0.0444. The molecule has 0 saturated carbocycles. The lowest BCUT2D eigenvalue weighted by Crippen LogP contribution is -2.49. The Bertz CT molecular complexity index is 470. The molecule has 1 atom stereocenters. The molecule has 1 amide bonds. The van der Waals surface area contributed by atoms with Crippen LogP contribution in [0.5, 0.6) is 0 Å². The Morgan fingerprint density at radius 1 is 1.48 bits per heavy atom. The van der Waals surface area contributed by atoms with Crippen LogP contribution in [0, 0.1) is 0 Å². The number of aryl methyl sites for hydroxylation is 1. The van der Waals surface area contributed by atoms with Gasteiger partial charge in [0.25, 0.3) is 0 Å². The highest BCUT2D eigenvalue weighted by molar-refractivity contribution is 5.78. The maximum absolute atomic E-state index is 12.3. The average Bonchev–Trinajstić information content (AvgIpc) is 2.55. The lowest BCUT2D eigenvalue weighted by Gasteiger charge is -2.36. The first-order chi connectivity index (χ1) is 10.3. The quantitative estimate of drug-likeness (QED) is 0.642. The van der Waals surface area contributed by atoms with E-state index >= 15 is 0 Å². The number of rotatable bonds is 6. The summed E-state index contributed by atoms with van der Waals surface area (Å²) in [6, 6.07) is 8.62. The topological polar surface area (TPSA) is 41.6 Å². The Balaban J connectivity index is 2.06. The third kappa shape index (κ3) is 4.16. The van der Waals surface area contributed by atoms with Gasteiger partial charge in [0.15, 0.2) is 0 Å². The van der Waals surface area contributed by atoms with Gasteiger partial charge in [-0.2, -0.15) is 0 Å². The molecule has 1 aromatic carbocycles. The molecule has 0 bridgehead atoms. The van der Waals surface area contributed by atoms with Gasteiger partial charge >= 0.3 is 0 Å². The molecule has 1 N–H and O–H groups in total. The molecule has 1 aliphatic rings. The van der Waals surface area contributed by atoms with Crippen molar-refractivity contribution in [3.05, 3.63) is 48.0 Å². The van der Waals surface area contributed by atoms with Gasteiger partial charge < -0.3 is 15.0 Å². The summed E-state index contributed by atoms with van der Waals surface area (Å²) >= 11 is 0. The maximum atomic E-state index is 12.3. The smallest absolute Gasteiger partial charge is 0.249 e. The van der Waals surface area contributed by atoms with Gasteiger partial charge in [0.05, 0.1) is 12.6 Å². The number of nitrogens with one attached hydrogen (secondary N) is 1. The lowest BCUT2D eigenvalue weighted by molar-refractivity contribution is -0.139. The van der Waals surface area contributed by atoms with Crippen LogP contribution in [0.15, 0.2) is 36.9 Å². The van der Waals surface area contributed by atoms with Gasteiger partial charge in [-0.1, -0.05) is 37.3 Å². The molecular formula is C17H24N2O2. The van der Waals surface area contributed by atoms with Gasteiger partial charge in [-0.25, -0.2) is 0 Å². The van der Waals surface area contributed by atoms with Crippen molar-refractivity contribution in [1.82, 2.24) is 10.2 Å². The first-order valence-electron chi connectivity index (χ1n) is 7.54. The number of carbonyl (C=O) groups excluding carboxylic acids is 1. The molecule has 114 valence electrons. The van der Waals surface area contributed by atoms with E-state index in [1.165, 1.54) is 11.1 Å². The zero-order chi connectivity index (χ0) is 15.1. The number of carbonyl (C=O) groups is 1. The van der Waals surface area contributed by atoms with Crippen LogP contribution < -0.4 is 5.32 Å². The summed E-state index contributed by atoms with van der Waals surface area (Å²) in [6.07, 6.45) is 2.69. The van der Waals surface area contributed by atoms with E-state index in [-0.39, 0.29) is 18.6 Å². The Kier molecular flexibility index (Phi) is 5.96.